The van der Waals surface area contributed by atoms with Gasteiger partial charge in [-0.05, 0) is 30.7 Å². The highest BCUT2D eigenvalue weighted by Crippen LogP contribution is 2.31. The molecule has 0 aromatic heterocycles. The van der Waals surface area contributed by atoms with Crippen molar-refractivity contribution in [3.63, 3.8) is 0 Å². The number of aliphatic carboxylic acids is 1. The molecule has 5 heteroatoms. The second-order valence-corrected chi connectivity index (χ2v) is 4.93. The molecular weight excluding hydrogens is 288 g/mol. The van der Waals surface area contributed by atoms with E-state index in [0.29, 0.717) is 6.61 Å². The van der Waals surface area contributed by atoms with Crippen LogP contribution in [0, 0.1) is 0 Å². The Labute approximate surface area is 108 Å². The van der Waals surface area contributed by atoms with Crippen molar-refractivity contribution < 1.29 is 19.4 Å². The van der Waals surface area contributed by atoms with Gasteiger partial charge in [0.05, 0.1) is 6.61 Å². The van der Waals surface area contributed by atoms with E-state index in [-0.39, 0.29) is 6.10 Å². The summed E-state index contributed by atoms with van der Waals surface area (Å²) in [4.78, 5) is 10.6. The maximum absolute atomic E-state index is 10.6. The second kappa shape index (κ2) is 5.06. The van der Waals surface area contributed by atoms with Gasteiger partial charge >= 0.3 is 5.97 Å². The Kier molecular flexibility index (Phi) is 3.69. The largest absolute Gasteiger partial charge is 0.487 e. The summed E-state index contributed by atoms with van der Waals surface area (Å²) >= 11 is 3.40. The molecule has 0 bridgehead atoms. The van der Waals surface area contributed by atoms with E-state index in [4.69, 9.17) is 14.6 Å². The first-order chi connectivity index (χ1) is 8.06. The van der Waals surface area contributed by atoms with Gasteiger partial charge < -0.3 is 14.6 Å². The molecule has 0 aliphatic carbocycles. The lowest BCUT2D eigenvalue weighted by Gasteiger charge is -2.13. The van der Waals surface area contributed by atoms with Gasteiger partial charge in [-0.25, -0.2) is 4.79 Å². The Morgan fingerprint density at radius 2 is 2.47 bits per heavy atom. The third-order valence-corrected chi connectivity index (χ3v) is 3.14. The highest BCUT2D eigenvalue weighted by atomic mass is 79.9. The molecule has 4 nitrogen and oxygen atoms in total. The Morgan fingerprint density at radius 1 is 1.71 bits per heavy atom. The van der Waals surface area contributed by atoms with Gasteiger partial charge in [0, 0.05) is 10.9 Å². The van der Waals surface area contributed by atoms with Crippen molar-refractivity contribution in [2.75, 3.05) is 6.61 Å². The molecule has 0 amide bonds. The molecule has 17 heavy (non-hydrogen) atoms. The number of carbonyl (C=O) groups is 1. The normalized spacial score (nSPS) is 19.5. The van der Waals surface area contributed by atoms with Gasteiger partial charge in [-0.3, -0.25) is 0 Å². The van der Waals surface area contributed by atoms with E-state index in [2.05, 4.69) is 15.9 Å². The van der Waals surface area contributed by atoms with Crippen molar-refractivity contribution in [2.24, 2.45) is 0 Å². The molecule has 1 aromatic rings. The number of fused-ring (bicyclic) bond motifs is 1. The van der Waals surface area contributed by atoms with Crippen LogP contribution in [0.5, 0.6) is 5.75 Å². The molecule has 1 unspecified atom stereocenters. The molecular formula is C12H13BrO4. The maximum Gasteiger partial charge on any atom is 0.332 e. The standard InChI is InChI=1S/C12H13BrO4/c1-7(12(14)15)16-6-10-5-8-4-9(13)2-3-11(8)17-10/h2-4,7,10H,5-6H2,1H3,(H,14,15)/t7-,10?/m0/s1. The zero-order valence-corrected chi connectivity index (χ0v) is 10.9. The molecule has 1 heterocycles. The van der Waals surface area contributed by atoms with Crippen LogP contribution in [0.2, 0.25) is 0 Å². The second-order valence-electron chi connectivity index (χ2n) is 4.01. The molecule has 1 aliphatic heterocycles. The number of halogens is 1. The zero-order valence-electron chi connectivity index (χ0n) is 9.35. The lowest BCUT2D eigenvalue weighted by molar-refractivity contribution is -0.150. The molecule has 2 atom stereocenters. The van der Waals surface area contributed by atoms with E-state index in [9.17, 15) is 4.79 Å². The van der Waals surface area contributed by atoms with Gasteiger partial charge in [0.2, 0.25) is 0 Å². The number of carboxylic acid groups (broad SMARTS) is 1. The smallest absolute Gasteiger partial charge is 0.332 e. The predicted octanol–water partition coefficient (Wildman–Crippen LogP) is 2.24. The lowest BCUT2D eigenvalue weighted by atomic mass is 10.1. The highest BCUT2D eigenvalue weighted by molar-refractivity contribution is 9.10. The van der Waals surface area contributed by atoms with Crippen LogP contribution >= 0.6 is 15.9 Å². The number of carboxylic acids is 1. The van der Waals surface area contributed by atoms with Gasteiger partial charge in [0.15, 0.2) is 6.10 Å². The third-order valence-electron chi connectivity index (χ3n) is 2.64. The van der Waals surface area contributed by atoms with Crippen LogP contribution in [0.3, 0.4) is 0 Å². The van der Waals surface area contributed by atoms with E-state index >= 15 is 0 Å². The fraction of sp³-hybridized carbons (Fsp3) is 0.417. The topological polar surface area (TPSA) is 55.8 Å². The first-order valence-corrected chi connectivity index (χ1v) is 6.15. The summed E-state index contributed by atoms with van der Waals surface area (Å²) in [6.07, 6.45) is -0.142. The average Bonchev–Trinajstić information content (AvgIpc) is 2.67. The van der Waals surface area contributed by atoms with E-state index in [0.717, 1.165) is 22.2 Å². The average molecular weight is 301 g/mol. The Bertz CT molecular complexity index is 433. The number of rotatable bonds is 4. The van der Waals surface area contributed by atoms with E-state index in [1.54, 1.807) is 0 Å². The number of benzene rings is 1. The van der Waals surface area contributed by atoms with Crippen LogP contribution in [0.1, 0.15) is 12.5 Å². The van der Waals surface area contributed by atoms with Crippen molar-refractivity contribution in [1.29, 1.82) is 0 Å². The Morgan fingerprint density at radius 3 is 3.18 bits per heavy atom. The lowest BCUT2D eigenvalue weighted by Crippen LogP contribution is -2.27. The number of ether oxygens (including phenoxy) is 2. The van der Waals surface area contributed by atoms with Crippen LogP contribution in [0.4, 0.5) is 0 Å². The van der Waals surface area contributed by atoms with E-state index in [1.807, 2.05) is 18.2 Å². The van der Waals surface area contributed by atoms with Crippen LogP contribution in [0.25, 0.3) is 0 Å². The summed E-state index contributed by atoms with van der Waals surface area (Å²) in [5.41, 5.74) is 1.12. The van der Waals surface area contributed by atoms with Crippen molar-refractivity contribution in [2.45, 2.75) is 25.6 Å². The van der Waals surface area contributed by atoms with Crippen LogP contribution in [-0.4, -0.2) is 29.9 Å². The summed E-state index contributed by atoms with van der Waals surface area (Å²) in [5.74, 6) is -0.104. The minimum Gasteiger partial charge on any atom is -0.487 e. The third kappa shape index (κ3) is 2.98. The summed E-state index contributed by atoms with van der Waals surface area (Å²) in [5, 5.41) is 8.69. The van der Waals surface area contributed by atoms with Gasteiger partial charge in [0.25, 0.3) is 0 Å². The first kappa shape index (κ1) is 12.4. The number of hydrogen-bond acceptors (Lipinski definition) is 3. The molecule has 0 saturated heterocycles. The van der Waals surface area contributed by atoms with Crippen molar-refractivity contribution in [1.82, 2.24) is 0 Å². The van der Waals surface area contributed by atoms with Crippen molar-refractivity contribution >= 4 is 21.9 Å². The van der Waals surface area contributed by atoms with E-state index < -0.39 is 12.1 Å². The summed E-state index contributed by atoms with van der Waals surface area (Å²) in [6.45, 7) is 1.81. The van der Waals surface area contributed by atoms with Crippen LogP contribution in [0.15, 0.2) is 22.7 Å². The Hall–Kier alpha value is -1.07. The van der Waals surface area contributed by atoms with Gasteiger partial charge in [-0.2, -0.15) is 0 Å². The highest BCUT2D eigenvalue weighted by Gasteiger charge is 2.24. The summed E-state index contributed by atoms with van der Waals surface area (Å²) in [6, 6.07) is 5.83. The quantitative estimate of drug-likeness (QED) is 0.926. The van der Waals surface area contributed by atoms with Gasteiger partial charge in [-0.1, -0.05) is 15.9 Å². The summed E-state index contributed by atoms with van der Waals surface area (Å²) in [7, 11) is 0. The number of hydrogen-bond donors (Lipinski definition) is 1. The maximum atomic E-state index is 10.6. The molecule has 92 valence electrons. The molecule has 2 rings (SSSR count). The Balaban J connectivity index is 1.90. The molecule has 1 aliphatic rings. The van der Waals surface area contributed by atoms with Gasteiger partial charge in [0.1, 0.15) is 11.9 Å². The van der Waals surface area contributed by atoms with Crippen LogP contribution in [-0.2, 0) is 16.0 Å². The fourth-order valence-electron chi connectivity index (χ4n) is 1.70. The molecule has 1 N–H and O–H groups in total. The minimum atomic E-state index is -0.955. The first-order valence-electron chi connectivity index (χ1n) is 5.36. The SMILES string of the molecule is C[C@H](OCC1Cc2cc(Br)ccc2O1)C(=O)O. The monoisotopic (exact) mass is 300 g/mol. The van der Waals surface area contributed by atoms with Crippen molar-refractivity contribution in [3.05, 3.63) is 28.2 Å². The van der Waals surface area contributed by atoms with Gasteiger partial charge in [-0.15, -0.1) is 0 Å². The van der Waals surface area contributed by atoms with Crippen molar-refractivity contribution in [3.8, 4) is 5.75 Å². The molecule has 0 fully saturated rings. The molecule has 0 spiro atoms. The predicted molar refractivity (Wildman–Crippen MR) is 65.3 cm³/mol. The molecule has 1 aromatic carbocycles. The summed E-state index contributed by atoms with van der Waals surface area (Å²) < 4.78 is 11.9. The minimum absolute atomic E-state index is 0.0962. The van der Waals surface area contributed by atoms with Crippen LogP contribution < -0.4 is 4.74 Å². The molecule has 0 radical (unpaired) electrons. The molecule has 0 saturated carbocycles. The zero-order chi connectivity index (χ0) is 12.4. The van der Waals surface area contributed by atoms with E-state index in [1.165, 1.54) is 6.92 Å². The fourth-order valence-corrected chi connectivity index (χ4v) is 2.11.